The van der Waals surface area contributed by atoms with Gasteiger partial charge in [0.1, 0.15) is 12.3 Å². The molecule has 192 valence electrons. The minimum absolute atomic E-state index is 0.00925. The maximum atomic E-state index is 13.1. The van der Waals surface area contributed by atoms with Gasteiger partial charge in [-0.25, -0.2) is 19.7 Å². The van der Waals surface area contributed by atoms with Crippen LogP contribution in [0.4, 0.5) is 10.7 Å². The Labute approximate surface area is 219 Å². The maximum Gasteiger partial charge on any atom is 0.422 e. The van der Waals surface area contributed by atoms with E-state index in [1.54, 1.807) is 49.5 Å². The van der Waals surface area contributed by atoms with E-state index in [-0.39, 0.29) is 30.5 Å². The molecule has 2 aromatic heterocycles. The number of hydrogen-bond donors (Lipinski definition) is 0. The van der Waals surface area contributed by atoms with Gasteiger partial charge in [0.25, 0.3) is 0 Å². The highest BCUT2D eigenvalue weighted by atomic mass is 16.6. The second-order valence-corrected chi connectivity index (χ2v) is 8.37. The standard InChI is InChI=1S/C28H25N5O5/c1-3-37-26(35)18-33(27-30-13-4-14-31-27)28(36)38-21-10-11-24-22(15-21)23(17-32(24)2)25(34)12-9-19-5-7-20(16-29)8-6-19/h4-8,10-11,13-15,17H,3,9,12,18H2,1-2H3. The molecule has 2 aromatic carbocycles. The molecule has 0 bridgehead atoms. The van der Waals surface area contributed by atoms with E-state index >= 15 is 0 Å². The smallest absolute Gasteiger partial charge is 0.422 e. The first kappa shape index (κ1) is 26.0. The molecule has 0 radical (unpaired) electrons. The second kappa shape index (κ2) is 11.8. The first-order chi connectivity index (χ1) is 18.4. The fourth-order valence-electron chi connectivity index (χ4n) is 3.93. The van der Waals surface area contributed by atoms with Gasteiger partial charge < -0.3 is 14.0 Å². The molecule has 4 aromatic rings. The minimum atomic E-state index is -0.867. The Hall–Kier alpha value is -5.04. The molecule has 0 unspecified atom stereocenters. The van der Waals surface area contributed by atoms with Crippen molar-refractivity contribution in [3.05, 3.63) is 83.8 Å². The highest BCUT2D eigenvalue weighted by Gasteiger charge is 2.25. The van der Waals surface area contributed by atoms with Crippen molar-refractivity contribution in [1.82, 2.24) is 14.5 Å². The van der Waals surface area contributed by atoms with Gasteiger partial charge in [0.2, 0.25) is 5.95 Å². The van der Waals surface area contributed by atoms with E-state index < -0.39 is 18.6 Å². The molecule has 38 heavy (non-hydrogen) atoms. The number of amides is 1. The zero-order valence-electron chi connectivity index (χ0n) is 21.0. The number of anilines is 1. The molecule has 0 saturated carbocycles. The Morgan fingerprint density at radius 2 is 1.82 bits per heavy atom. The van der Waals surface area contributed by atoms with Crippen LogP contribution in [0, 0.1) is 11.3 Å². The third-order valence-corrected chi connectivity index (χ3v) is 5.80. The van der Waals surface area contributed by atoms with Crippen LogP contribution >= 0.6 is 0 Å². The Kier molecular flexibility index (Phi) is 8.08. The normalized spacial score (nSPS) is 10.6. The highest BCUT2D eigenvalue weighted by molar-refractivity contribution is 6.08. The van der Waals surface area contributed by atoms with Crippen molar-refractivity contribution in [2.24, 2.45) is 7.05 Å². The monoisotopic (exact) mass is 511 g/mol. The zero-order valence-corrected chi connectivity index (χ0v) is 21.0. The largest absolute Gasteiger partial charge is 0.465 e. The van der Waals surface area contributed by atoms with E-state index in [4.69, 9.17) is 14.7 Å². The van der Waals surface area contributed by atoms with Crippen LogP contribution in [0.25, 0.3) is 10.9 Å². The van der Waals surface area contributed by atoms with Crippen molar-refractivity contribution >= 4 is 34.7 Å². The summed E-state index contributed by atoms with van der Waals surface area (Å²) in [5.41, 5.74) is 2.82. The lowest BCUT2D eigenvalue weighted by Crippen LogP contribution is -2.39. The molecule has 2 heterocycles. The van der Waals surface area contributed by atoms with E-state index in [1.807, 2.05) is 23.7 Å². The fraction of sp³-hybridized carbons (Fsp3) is 0.214. The van der Waals surface area contributed by atoms with Gasteiger partial charge in [0.15, 0.2) is 5.78 Å². The predicted octanol–water partition coefficient (Wildman–Crippen LogP) is 4.22. The molecule has 10 heteroatoms. The van der Waals surface area contributed by atoms with Crippen LogP contribution in [0.2, 0.25) is 0 Å². The number of hydrogen-bond acceptors (Lipinski definition) is 8. The first-order valence-electron chi connectivity index (χ1n) is 11.9. The Bertz CT molecular complexity index is 1510. The molecule has 0 N–H and O–H groups in total. The molecule has 0 atom stereocenters. The predicted molar refractivity (Wildman–Crippen MR) is 139 cm³/mol. The van der Waals surface area contributed by atoms with Crippen LogP contribution in [0.5, 0.6) is 5.75 Å². The molecule has 0 saturated heterocycles. The van der Waals surface area contributed by atoms with E-state index in [9.17, 15) is 14.4 Å². The second-order valence-electron chi connectivity index (χ2n) is 8.37. The number of benzene rings is 2. The van der Waals surface area contributed by atoms with Gasteiger partial charge in [0.05, 0.1) is 18.2 Å². The number of fused-ring (bicyclic) bond motifs is 1. The summed E-state index contributed by atoms with van der Waals surface area (Å²) in [6.45, 7) is 1.39. The lowest BCUT2D eigenvalue weighted by Gasteiger charge is -2.19. The maximum absolute atomic E-state index is 13.1. The number of nitriles is 1. The number of carbonyl (C=O) groups is 3. The Balaban J connectivity index is 1.54. The summed E-state index contributed by atoms with van der Waals surface area (Å²) >= 11 is 0. The minimum Gasteiger partial charge on any atom is -0.465 e. The summed E-state index contributed by atoms with van der Waals surface area (Å²) in [5.74, 6) is -0.514. The molecule has 0 fully saturated rings. The third-order valence-electron chi connectivity index (χ3n) is 5.80. The fourth-order valence-corrected chi connectivity index (χ4v) is 3.93. The Morgan fingerprint density at radius 1 is 1.08 bits per heavy atom. The number of ether oxygens (including phenoxy) is 2. The van der Waals surface area contributed by atoms with Crippen LogP contribution in [0.1, 0.15) is 34.8 Å². The van der Waals surface area contributed by atoms with E-state index in [0.717, 1.165) is 16.0 Å². The number of nitrogens with zero attached hydrogens (tertiary/aromatic N) is 5. The van der Waals surface area contributed by atoms with Gasteiger partial charge in [-0.15, -0.1) is 0 Å². The van der Waals surface area contributed by atoms with Gasteiger partial charge >= 0.3 is 12.1 Å². The van der Waals surface area contributed by atoms with Crippen LogP contribution < -0.4 is 9.64 Å². The molecule has 0 aliphatic rings. The lowest BCUT2D eigenvalue weighted by atomic mass is 10.0. The topological polar surface area (TPSA) is 127 Å². The molecular weight excluding hydrogens is 486 g/mol. The van der Waals surface area contributed by atoms with Gasteiger partial charge in [-0.05, 0) is 55.3 Å². The third kappa shape index (κ3) is 6.02. The van der Waals surface area contributed by atoms with Crippen LogP contribution in [0.3, 0.4) is 0 Å². The molecule has 1 amide bonds. The molecule has 4 rings (SSSR count). The van der Waals surface area contributed by atoms with Crippen LogP contribution in [-0.2, 0) is 23.0 Å². The quantitative estimate of drug-likeness (QED) is 0.241. The molecule has 0 aliphatic carbocycles. The average molecular weight is 512 g/mol. The van der Waals surface area contributed by atoms with E-state index in [2.05, 4.69) is 16.0 Å². The van der Waals surface area contributed by atoms with E-state index in [1.165, 1.54) is 12.4 Å². The summed E-state index contributed by atoms with van der Waals surface area (Å²) < 4.78 is 12.4. The number of aromatic nitrogens is 3. The van der Waals surface area contributed by atoms with Crippen molar-refractivity contribution in [3.63, 3.8) is 0 Å². The summed E-state index contributed by atoms with van der Waals surface area (Å²) in [4.78, 5) is 47.3. The van der Waals surface area contributed by atoms with Crippen molar-refractivity contribution in [1.29, 1.82) is 5.26 Å². The number of rotatable bonds is 9. The summed E-state index contributed by atoms with van der Waals surface area (Å²) in [6, 6.07) is 15.8. The average Bonchev–Trinajstić information content (AvgIpc) is 3.26. The van der Waals surface area contributed by atoms with Crippen LogP contribution in [-0.4, -0.2) is 45.5 Å². The molecule has 0 aliphatic heterocycles. The lowest BCUT2D eigenvalue weighted by molar-refractivity contribution is -0.141. The number of ketones is 1. The van der Waals surface area contributed by atoms with Gasteiger partial charge in [0, 0.05) is 48.5 Å². The summed E-state index contributed by atoms with van der Waals surface area (Å²) in [5, 5.41) is 9.59. The van der Waals surface area contributed by atoms with Gasteiger partial charge in [-0.1, -0.05) is 12.1 Å². The van der Waals surface area contributed by atoms with Crippen molar-refractivity contribution < 1.29 is 23.9 Å². The number of aryl methyl sites for hydroxylation is 2. The Morgan fingerprint density at radius 3 is 2.50 bits per heavy atom. The number of Topliss-reactive ketones (excluding diaryl/α,β-unsaturated/α-hetero) is 1. The summed E-state index contributed by atoms with van der Waals surface area (Å²) in [7, 11) is 1.83. The number of esters is 1. The molecule has 0 spiro atoms. The SMILES string of the molecule is CCOC(=O)CN(C(=O)Oc1ccc2c(c1)c(C(=O)CCc1ccc(C#N)cc1)cn2C)c1ncccn1. The first-order valence-corrected chi connectivity index (χ1v) is 11.9. The highest BCUT2D eigenvalue weighted by Crippen LogP contribution is 2.27. The summed E-state index contributed by atoms with van der Waals surface area (Å²) in [6.07, 6.45) is 4.57. The molecule has 10 nitrogen and oxygen atoms in total. The zero-order chi connectivity index (χ0) is 27.1. The van der Waals surface area contributed by atoms with E-state index in [0.29, 0.717) is 22.9 Å². The number of carbonyl (C=O) groups excluding carboxylic acids is 3. The van der Waals surface area contributed by atoms with Crippen LogP contribution in [0.15, 0.2) is 67.1 Å². The van der Waals surface area contributed by atoms with Crippen molar-refractivity contribution in [2.75, 3.05) is 18.1 Å². The van der Waals surface area contributed by atoms with Crippen molar-refractivity contribution in [2.45, 2.75) is 19.8 Å². The van der Waals surface area contributed by atoms with Gasteiger partial charge in [-0.3, -0.25) is 9.59 Å². The van der Waals surface area contributed by atoms with Crippen molar-refractivity contribution in [3.8, 4) is 11.8 Å². The van der Waals surface area contributed by atoms with Gasteiger partial charge in [-0.2, -0.15) is 5.26 Å². The molecular formula is C28H25N5O5.